The highest BCUT2D eigenvalue weighted by Crippen LogP contribution is 2.37. The van der Waals surface area contributed by atoms with Gasteiger partial charge in [-0.3, -0.25) is 14.9 Å². The number of aromatic nitrogens is 2. The maximum Gasteiger partial charge on any atom is 0.274 e. The Morgan fingerprint density at radius 2 is 1.96 bits per heavy atom. The fourth-order valence-electron chi connectivity index (χ4n) is 4.10. The third-order valence-electron chi connectivity index (χ3n) is 5.45. The number of rotatable bonds is 4. The first-order valence-corrected chi connectivity index (χ1v) is 10.3. The van der Waals surface area contributed by atoms with E-state index >= 15 is 0 Å². The van der Waals surface area contributed by atoms with Gasteiger partial charge in [0.25, 0.3) is 5.91 Å². The molecule has 1 aromatic carbocycles. The van der Waals surface area contributed by atoms with Gasteiger partial charge >= 0.3 is 0 Å². The van der Waals surface area contributed by atoms with Crippen LogP contribution in [0.2, 0.25) is 0 Å². The Bertz CT molecular complexity index is 1050. The monoisotopic (exact) mass is 393 g/mol. The van der Waals surface area contributed by atoms with Crippen molar-refractivity contribution < 1.29 is 9.59 Å². The number of fused-ring (bicyclic) bond motifs is 1. The fraction of sp³-hybridized carbons (Fsp3) is 0.318. The number of Topliss-reactive ketones (excluding diaryl/α,β-unsaturated/α-hetero) is 1. The zero-order chi connectivity index (χ0) is 19.8. The standard InChI is InChI=1S/C22H23N3O2S/c1-12-19(14(3)26)13(2)23-20(12)21(27)25-22-24-17-10-9-16(11-18(17)28-22)15-7-5-4-6-8-15/h4-8,16,23H,9-11H2,1-3H3,(H,24,25,27). The SMILES string of the molecule is CC(=O)c1c(C)[nH]c(C(=O)Nc2nc3c(s2)CC(c2ccccc2)CC3)c1C. The van der Waals surface area contributed by atoms with Crippen molar-refractivity contribution in [2.24, 2.45) is 0 Å². The topological polar surface area (TPSA) is 74.8 Å². The fourth-order valence-corrected chi connectivity index (χ4v) is 5.19. The van der Waals surface area contributed by atoms with Gasteiger partial charge in [0.2, 0.25) is 0 Å². The van der Waals surface area contributed by atoms with E-state index in [1.54, 1.807) is 18.3 Å². The van der Waals surface area contributed by atoms with Gasteiger partial charge < -0.3 is 4.98 Å². The maximum atomic E-state index is 12.7. The summed E-state index contributed by atoms with van der Waals surface area (Å²) in [6.07, 6.45) is 2.96. The van der Waals surface area contributed by atoms with E-state index in [9.17, 15) is 9.59 Å². The second kappa shape index (κ2) is 7.36. The number of aromatic amines is 1. The maximum absolute atomic E-state index is 12.7. The van der Waals surface area contributed by atoms with E-state index in [-0.39, 0.29) is 11.7 Å². The van der Waals surface area contributed by atoms with E-state index < -0.39 is 0 Å². The lowest BCUT2D eigenvalue weighted by molar-refractivity contribution is 0.101. The number of benzene rings is 1. The molecule has 28 heavy (non-hydrogen) atoms. The summed E-state index contributed by atoms with van der Waals surface area (Å²) in [6, 6.07) is 10.6. The number of hydrogen-bond donors (Lipinski definition) is 2. The first-order chi connectivity index (χ1) is 13.4. The number of nitrogens with one attached hydrogen (secondary N) is 2. The number of carbonyl (C=O) groups is 2. The Hall–Kier alpha value is -2.73. The summed E-state index contributed by atoms with van der Waals surface area (Å²) in [4.78, 5) is 33.5. The number of nitrogens with zero attached hydrogens (tertiary/aromatic N) is 1. The molecule has 5 nitrogen and oxygen atoms in total. The molecule has 0 radical (unpaired) electrons. The van der Waals surface area contributed by atoms with Crippen LogP contribution in [-0.4, -0.2) is 21.7 Å². The predicted octanol–water partition coefficient (Wildman–Crippen LogP) is 4.82. The van der Waals surface area contributed by atoms with Crippen LogP contribution in [0.4, 0.5) is 5.13 Å². The number of thiazole rings is 1. The summed E-state index contributed by atoms with van der Waals surface area (Å²) in [7, 11) is 0. The number of ketones is 1. The zero-order valence-electron chi connectivity index (χ0n) is 16.3. The molecule has 1 atom stereocenters. The first-order valence-electron chi connectivity index (χ1n) is 9.49. The summed E-state index contributed by atoms with van der Waals surface area (Å²) in [6.45, 7) is 5.13. The molecule has 1 unspecified atom stereocenters. The summed E-state index contributed by atoms with van der Waals surface area (Å²) >= 11 is 1.56. The molecule has 0 saturated carbocycles. The molecule has 4 rings (SSSR count). The van der Waals surface area contributed by atoms with Crippen molar-refractivity contribution in [3.8, 4) is 0 Å². The number of carbonyl (C=O) groups excluding carboxylic acids is 2. The highest BCUT2D eigenvalue weighted by Gasteiger charge is 2.25. The molecule has 2 aromatic heterocycles. The van der Waals surface area contributed by atoms with Gasteiger partial charge in [-0.05, 0) is 57.1 Å². The lowest BCUT2D eigenvalue weighted by atomic mass is 9.85. The van der Waals surface area contributed by atoms with Crippen molar-refractivity contribution in [3.63, 3.8) is 0 Å². The van der Waals surface area contributed by atoms with Crippen LogP contribution in [0.5, 0.6) is 0 Å². The second-order valence-electron chi connectivity index (χ2n) is 7.37. The van der Waals surface area contributed by atoms with Crippen LogP contribution in [0.3, 0.4) is 0 Å². The summed E-state index contributed by atoms with van der Waals surface area (Å²) < 4.78 is 0. The zero-order valence-corrected chi connectivity index (χ0v) is 17.1. The molecule has 0 saturated heterocycles. The molecular weight excluding hydrogens is 370 g/mol. The normalized spacial score (nSPS) is 15.9. The molecule has 2 heterocycles. The average molecular weight is 394 g/mol. The number of amides is 1. The molecule has 144 valence electrons. The Kier molecular flexibility index (Phi) is 4.89. The van der Waals surface area contributed by atoms with Gasteiger partial charge in [0, 0.05) is 16.1 Å². The van der Waals surface area contributed by atoms with E-state index in [0.29, 0.717) is 27.9 Å². The van der Waals surface area contributed by atoms with Gasteiger partial charge in [-0.1, -0.05) is 30.3 Å². The third-order valence-corrected chi connectivity index (χ3v) is 6.48. The van der Waals surface area contributed by atoms with Gasteiger partial charge in [0.05, 0.1) is 5.69 Å². The van der Waals surface area contributed by atoms with Gasteiger partial charge in [0.15, 0.2) is 10.9 Å². The van der Waals surface area contributed by atoms with Crippen LogP contribution in [-0.2, 0) is 12.8 Å². The number of anilines is 1. The van der Waals surface area contributed by atoms with E-state index in [4.69, 9.17) is 0 Å². The average Bonchev–Trinajstić information content (AvgIpc) is 3.21. The highest BCUT2D eigenvalue weighted by atomic mass is 32.1. The molecule has 1 amide bonds. The minimum absolute atomic E-state index is 0.0398. The Balaban J connectivity index is 1.52. The van der Waals surface area contributed by atoms with Crippen LogP contribution >= 0.6 is 11.3 Å². The van der Waals surface area contributed by atoms with E-state index in [1.165, 1.54) is 17.4 Å². The van der Waals surface area contributed by atoms with Gasteiger partial charge in [-0.2, -0.15) is 0 Å². The van der Waals surface area contributed by atoms with Crippen LogP contribution in [0.25, 0.3) is 0 Å². The lowest BCUT2D eigenvalue weighted by Gasteiger charge is -2.21. The van der Waals surface area contributed by atoms with E-state index in [1.807, 2.05) is 13.0 Å². The molecule has 6 heteroatoms. The summed E-state index contributed by atoms with van der Waals surface area (Å²) in [5.41, 5.74) is 4.89. The minimum Gasteiger partial charge on any atom is -0.354 e. The first kappa shape index (κ1) is 18.6. The molecule has 1 aliphatic carbocycles. The van der Waals surface area contributed by atoms with Crippen molar-refractivity contribution in [2.45, 2.75) is 46.0 Å². The van der Waals surface area contributed by atoms with E-state index in [2.05, 4.69) is 39.6 Å². The van der Waals surface area contributed by atoms with Crippen molar-refractivity contribution in [1.82, 2.24) is 9.97 Å². The molecule has 0 spiro atoms. The third kappa shape index (κ3) is 3.40. The van der Waals surface area contributed by atoms with Gasteiger partial charge in [-0.15, -0.1) is 11.3 Å². The molecule has 0 fully saturated rings. The lowest BCUT2D eigenvalue weighted by Crippen LogP contribution is -2.14. The molecule has 3 aromatic rings. The highest BCUT2D eigenvalue weighted by molar-refractivity contribution is 7.15. The number of aryl methyl sites for hydroxylation is 2. The number of hydrogen-bond acceptors (Lipinski definition) is 4. The minimum atomic E-state index is -0.251. The Morgan fingerprint density at radius 3 is 2.64 bits per heavy atom. The molecule has 0 aliphatic heterocycles. The van der Waals surface area contributed by atoms with Crippen molar-refractivity contribution in [1.29, 1.82) is 0 Å². The largest absolute Gasteiger partial charge is 0.354 e. The molecule has 0 bridgehead atoms. The molecule has 2 N–H and O–H groups in total. The van der Waals surface area contributed by atoms with Crippen LogP contribution < -0.4 is 5.32 Å². The summed E-state index contributed by atoms with van der Waals surface area (Å²) in [5.74, 6) is 0.213. The second-order valence-corrected chi connectivity index (χ2v) is 8.46. The Labute approximate surface area is 168 Å². The molecule has 1 aliphatic rings. The predicted molar refractivity (Wildman–Crippen MR) is 112 cm³/mol. The number of H-pyrrole nitrogens is 1. The van der Waals surface area contributed by atoms with Crippen molar-refractivity contribution in [3.05, 3.63) is 69.0 Å². The van der Waals surface area contributed by atoms with Crippen molar-refractivity contribution >= 4 is 28.2 Å². The van der Waals surface area contributed by atoms with E-state index in [0.717, 1.165) is 30.7 Å². The van der Waals surface area contributed by atoms with Crippen LogP contribution in [0, 0.1) is 13.8 Å². The van der Waals surface area contributed by atoms with Crippen LogP contribution in [0.1, 0.15) is 67.5 Å². The quantitative estimate of drug-likeness (QED) is 0.624. The Morgan fingerprint density at radius 1 is 1.21 bits per heavy atom. The van der Waals surface area contributed by atoms with Gasteiger partial charge in [0.1, 0.15) is 5.69 Å². The summed E-state index contributed by atoms with van der Waals surface area (Å²) in [5, 5.41) is 3.54. The smallest absolute Gasteiger partial charge is 0.274 e. The van der Waals surface area contributed by atoms with Crippen LogP contribution in [0.15, 0.2) is 30.3 Å². The van der Waals surface area contributed by atoms with Gasteiger partial charge in [-0.25, -0.2) is 4.98 Å². The molecular formula is C22H23N3O2S. The van der Waals surface area contributed by atoms with Crippen molar-refractivity contribution in [2.75, 3.05) is 5.32 Å².